The van der Waals surface area contributed by atoms with Gasteiger partial charge in [0, 0.05) is 4.90 Å². The van der Waals surface area contributed by atoms with Crippen molar-refractivity contribution in [1.82, 2.24) is 4.72 Å². The SMILES string of the molecule is C[C@@H](Oc1cccc(SNC(N)=O)c1)c1ccccc1. The number of primary amides is 1. The molecule has 4 nitrogen and oxygen atoms in total. The predicted octanol–water partition coefficient (Wildman–Crippen LogP) is 3.50. The number of carbonyl (C=O) groups excluding carboxylic acids is 1. The van der Waals surface area contributed by atoms with Crippen molar-refractivity contribution in [3.05, 3.63) is 60.2 Å². The number of carbonyl (C=O) groups is 1. The molecule has 104 valence electrons. The first kappa shape index (κ1) is 14.3. The highest BCUT2D eigenvalue weighted by molar-refractivity contribution is 7.98. The fourth-order valence-electron chi connectivity index (χ4n) is 1.72. The van der Waals surface area contributed by atoms with Gasteiger partial charge >= 0.3 is 6.03 Å². The zero-order valence-corrected chi connectivity index (χ0v) is 11.9. The van der Waals surface area contributed by atoms with E-state index in [-0.39, 0.29) is 6.10 Å². The average Bonchev–Trinajstić information content (AvgIpc) is 2.46. The molecule has 2 aromatic rings. The van der Waals surface area contributed by atoms with E-state index in [2.05, 4.69) is 4.72 Å². The van der Waals surface area contributed by atoms with Crippen molar-refractivity contribution in [1.29, 1.82) is 0 Å². The van der Waals surface area contributed by atoms with E-state index in [4.69, 9.17) is 10.5 Å². The molecule has 0 unspecified atom stereocenters. The number of ether oxygens (including phenoxy) is 1. The van der Waals surface area contributed by atoms with E-state index in [0.29, 0.717) is 0 Å². The maximum Gasteiger partial charge on any atom is 0.322 e. The van der Waals surface area contributed by atoms with E-state index in [1.807, 2.05) is 61.5 Å². The summed E-state index contributed by atoms with van der Waals surface area (Å²) in [6, 6.07) is 16.9. The van der Waals surface area contributed by atoms with Crippen LogP contribution in [0.3, 0.4) is 0 Å². The van der Waals surface area contributed by atoms with Crippen LogP contribution in [0.4, 0.5) is 4.79 Å². The molecule has 0 fully saturated rings. The van der Waals surface area contributed by atoms with Crippen LogP contribution in [-0.2, 0) is 0 Å². The van der Waals surface area contributed by atoms with Crippen molar-refractivity contribution in [2.45, 2.75) is 17.9 Å². The second-order valence-corrected chi connectivity index (χ2v) is 5.09. The van der Waals surface area contributed by atoms with Gasteiger partial charge < -0.3 is 10.5 Å². The van der Waals surface area contributed by atoms with Gasteiger partial charge in [0.1, 0.15) is 11.9 Å². The third-order valence-electron chi connectivity index (χ3n) is 2.66. The first-order chi connectivity index (χ1) is 9.65. The summed E-state index contributed by atoms with van der Waals surface area (Å²) in [4.78, 5) is 11.5. The summed E-state index contributed by atoms with van der Waals surface area (Å²) in [5, 5.41) is 0. The summed E-state index contributed by atoms with van der Waals surface area (Å²) < 4.78 is 8.36. The van der Waals surface area contributed by atoms with E-state index in [9.17, 15) is 4.79 Å². The molecule has 20 heavy (non-hydrogen) atoms. The molecular formula is C15H16N2O2S. The monoisotopic (exact) mass is 288 g/mol. The molecule has 0 aliphatic heterocycles. The Morgan fingerprint density at radius 1 is 1.20 bits per heavy atom. The van der Waals surface area contributed by atoms with Gasteiger partial charge in [-0.25, -0.2) is 4.79 Å². The Morgan fingerprint density at radius 2 is 1.95 bits per heavy atom. The molecule has 0 bridgehead atoms. The number of nitrogens with one attached hydrogen (secondary N) is 1. The number of nitrogens with two attached hydrogens (primary N) is 1. The maximum absolute atomic E-state index is 10.7. The van der Waals surface area contributed by atoms with Gasteiger partial charge in [0.25, 0.3) is 0 Å². The van der Waals surface area contributed by atoms with Crippen LogP contribution in [-0.4, -0.2) is 6.03 Å². The van der Waals surface area contributed by atoms with Crippen molar-refractivity contribution < 1.29 is 9.53 Å². The lowest BCUT2D eigenvalue weighted by Crippen LogP contribution is -2.22. The molecule has 2 rings (SSSR count). The largest absolute Gasteiger partial charge is 0.486 e. The quantitative estimate of drug-likeness (QED) is 0.828. The topological polar surface area (TPSA) is 64.3 Å². The van der Waals surface area contributed by atoms with Gasteiger partial charge in [-0.2, -0.15) is 0 Å². The van der Waals surface area contributed by atoms with Crippen LogP contribution in [0.1, 0.15) is 18.6 Å². The Hall–Kier alpha value is -2.14. The molecule has 5 heteroatoms. The van der Waals surface area contributed by atoms with Gasteiger partial charge in [0.2, 0.25) is 0 Å². The molecule has 0 aromatic heterocycles. The number of hydrogen-bond donors (Lipinski definition) is 2. The number of rotatable bonds is 5. The fraction of sp³-hybridized carbons (Fsp3) is 0.133. The summed E-state index contributed by atoms with van der Waals surface area (Å²) in [5.41, 5.74) is 6.14. The van der Waals surface area contributed by atoms with Gasteiger partial charge in [-0.1, -0.05) is 36.4 Å². The molecule has 0 aliphatic rings. The molecule has 1 atom stereocenters. The Labute approximate surface area is 122 Å². The summed E-state index contributed by atoms with van der Waals surface area (Å²) >= 11 is 1.16. The zero-order chi connectivity index (χ0) is 14.4. The molecule has 0 saturated heterocycles. The second-order valence-electron chi connectivity index (χ2n) is 4.21. The molecule has 2 amide bonds. The standard InChI is InChI=1S/C15H16N2O2S/c1-11(12-6-3-2-4-7-12)19-13-8-5-9-14(10-13)20-17-15(16)18/h2-11H,1H3,(H3,16,17,18)/t11-/m1/s1. The smallest absolute Gasteiger partial charge is 0.322 e. The molecule has 0 saturated carbocycles. The second kappa shape index (κ2) is 6.86. The van der Waals surface area contributed by atoms with Gasteiger partial charge in [-0.05, 0) is 42.6 Å². The van der Waals surface area contributed by atoms with Crippen LogP contribution in [0.25, 0.3) is 0 Å². The highest BCUT2D eigenvalue weighted by Gasteiger charge is 2.07. The van der Waals surface area contributed by atoms with Crippen LogP contribution < -0.4 is 15.2 Å². The summed E-state index contributed by atoms with van der Waals surface area (Å²) in [7, 11) is 0. The van der Waals surface area contributed by atoms with Crippen LogP contribution in [0, 0.1) is 0 Å². The van der Waals surface area contributed by atoms with Gasteiger partial charge in [-0.3, -0.25) is 4.72 Å². The lowest BCUT2D eigenvalue weighted by molar-refractivity contribution is 0.226. The number of hydrogen-bond acceptors (Lipinski definition) is 3. The van der Waals surface area contributed by atoms with E-state index in [0.717, 1.165) is 28.2 Å². The first-order valence-electron chi connectivity index (χ1n) is 6.19. The number of benzene rings is 2. The summed E-state index contributed by atoms with van der Waals surface area (Å²) in [5.74, 6) is 0.748. The number of urea groups is 1. The van der Waals surface area contributed by atoms with Crippen LogP contribution in [0.2, 0.25) is 0 Å². The van der Waals surface area contributed by atoms with Gasteiger partial charge in [-0.15, -0.1) is 0 Å². The van der Waals surface area contributed by atoms with Crippen molar-refractivity contribution in [3.63, 3.8) is 0 Å². The van der Waals surface area contributed by atoms with Gasteiger partial charge in [0.15, 0.2) is 0 Å². The minimum absolute atomic E-state index is 0.0412. The summed E-state index contributed by atoms with van der Waals surface area (Å²) in [6.45, 7) is 2.00. The van der Waals surface area contributed by atoms with E-state index < -0.39 is 6.03 Å². The van der Waals surface area contributed by atoms with Crippen molar-refractivity contribution >= 4 is 18.0 Å². The maximum atomic E-state index is 10.7. The van der Waals surface area contributed by atoms with Crippen LogP contribution in [0.5, 0.6) is 5.75 Å². The molecule has 0 spiro atoms. The normalized spacial score (nSPS) is 11.7. The molecular weight excluding hydrogens is 272 g/mol. The van der Waals surface area contributed by atoms with Crippen molar-refractivity contribution in [2.75, 3.05) is 0 Å². The molecule has 2 aromatic carbocycles. The molecule has 0 radical (unpaired) electrons. The summed E-state index contributed by atoms with van der Waals surface area (Å²) in [6.07, 6.45) is -0.0412. The Bertz CT molecular complexity index is 575. The third-order valence-corrected chi connectivity index (χ3v) is 3.45. The van der Waals surface area contributed by atoms with Gasteiger partial charge in [0.05, 0.1) is 0 Å². The first-order valence-corrected chi connectivity index (χ1v) is 7.01. The number of amides is 2. The molecule has 3 N–H and O–H groups in total. The Morgan fingerprint density at radius 3 is 2.65 bits per heavy atom. The van der Waals surface area contributed by atoms with E-state index >= 15 is 0 Å². The molecule has 0 aliphatic carbocycles. The molecule has 0 heterocycles. The fourth-order valence-corrected chi connectivity index (χ4v) is 2.26. The lowest BCUT2D eigenvalue weighted by Gasteiger charge is -2.15. The highest BCUT2D eigenvalue weighted by Crippen LogP contribution is 2.25. The minimum atomic E-state index is -0.570. The highest BCUT2D eigenvalue weighted by atomic mass is 32.2. The average molecular weight is 288 g/mol. The Kier molecular flexibility index (Phi) is 4.90. The third kappa shape index (κ3) is 4.20. The van der Waals surface area contributed by atoms with Crippen LogP contribution >= 0.6 is 11.9 Å². The lowest BCUT2D eigenvalue weighted by atomic mass is 10.1. The van der Waals surface area contributed by atoms with Crippen molar-refractivity contribution in [3.8, 4) is 5.75 Å². The van der Waals surface area contributed by atoms with E-state index in [1.165, 1.54) is 0 Å². The predicted molar refractivity (Wildman–Crippen MR) is 80.5 cm³/mol. The van der Waals surface area contributed by atoms with E-state index in [1.54, 1.807) is 0 Å². The van der Waals surface area contributed by atoms with Crippen LogP contribution in [0.15, 0.2) is 59.5 Å². The van der Waals surface area contributed by atoms with Crippen molar-refractivity contribution in [2.24, 2.45) is 5.73 Å². The minimum Gasteiger partial charge on any atom is -0.486 e. The Balaban J connectivity index is 2.02. The zero-order valence-electron chi connectivity index (χ0n) is 11.1.